The summed E-state index contributed by atoms with van der Waals surface area (Å²) < 4.78 is 33.1. The molecule has 0 radical (unpaired) electrons. The Morgan fingerprint density at radius 3 is 2.66 bits per heavy atom. The van der Waals surface area contributed by atoms with E-state index in [4.69, 9.17) is 16.3 Å². The van der Waals surface area contributed by atoms with Gasteiger partial charge < -0.3 is 15.4 Å². The lowest BCUT2D eigenvalue weighted by atomic mass is 9.97. The lowest BCUT2D eigenvalue weighted by Crippen LogP contribution is -2.43. The number of nitrogens with zero attached hydrogens (tertiary/aromatic N) is 1. The Morgan fingerprint density at radius 2 is 1.94 bits per heavy atom. The third-order valence-electron chi connectivity index (χ3n) is 5.76. The van der Waals surface area contributed by atoms with E-state index in [-0.39, 0.29) is 35.7 Å². The Kier molecular flexibility index (Phi) is 6.41. The zero-order chi connectivity index (χ0) is 22.9. The lowest BCUT2D eigenvalue weighted by molar-refractivity contribution is -0.126. The smallest absolute Gasteiger partial charge is 0.265 e. The Balaban J connectivity index is 1.37. The van der Waals surface area contributed by atoms with Crippen molar-refractivity contribution in [2.24, 2.45) is 5.92 Å². The van der Waals surface area contributed by atoms with E-state index in [0.717, 1.165) is 5.56 Å². The first-order valence-electron chi connectivity index (χ1n) is 10.4. The van der Waals surface area contributed by atoms with Crippen molar-refractivity contribution in [2.75, 3.05) is 18.4 Å². The van der Waals surface area contributed by atoms with Gasteiger partial charge in [0.25, 0.3) is 5.91 Å². The standard InChI is InChI=1S/C22H24ClN3O5S/c1-14-21(27)25-19-12-17(6-7-20(19)31-14)32(29,30)26-10-8-15(9-11-26)22(28)24-13-16-4-2-3-5-18(16)23/h2-7,12,14-15H,8-11,13H2,1H3,(H,24,28)(H,25,27)/t14-/m1/s1. The molecule has 8 nitrogen and oxygen atoms in total. The molecule has 1 saturated heterocycles. The molecule has 2 heterocycles. The zero-order valence-electron chi connectivity index (χ0n) is 17.5. The first-order valence-corrected chi connectivity index (χ1v) is 12.2. The maximum atomic E-state index is 13.1. The fraction of sp³-hybridized carbons (Fsp3) is 0.364. The van der Waals surface area contributed by atoms with Crippen LogP contribution in [0.25, 0.3) is 0 Å². The Hall–Kier alpha value is -2.62. The summed E-state index contributed by atoms with van der Waals surface area (Å²) in [5.74, 6) is -0.257. The molecule has 0 saturated carbocycles. The van der Waals surface area contributed by atoms with Crippen LogP contribution in [0.1, 0.15) is 25.3 Å². The largest absolute Gasteiger partial charge is 0.479 e. The van der Waals surface area contributed by atoms with Gasteiger partial charge in [-0.3, -0.25) is 9.59 Å². The number of carbonyl (C=O) groups is 2. The van der Waals surface area contributed by atoms with E-state index in [0.29, 0.717) is 35.8 Å². The fourth-order valence-corrected chi connectivity index (χ4v) is 5.52. The molecule has 1 fully saturated rings. The van der Waals surface area contributed by atoms with Gasteiger partial charge in [0, 0.05) is 30.6 Å². The number of rotatable bonds is 5. The number of carbonyl (C=O) groups excluding carboxylic acids is 2. The Labute approximate surface area is 191 Å². The molecule has 0 unspecified atom stereocenters. The van der Waals surface area contributed by atoms with Crippen LogP contribution in [0.5, 0.6) is 5.75 Å². The minimum absolute atomic E-state index is 0.0799. The van der Waals surface area contributed by atoms with Crippen LogP contribution in [-0.2, 0) is 26.2 Å². The van der Waals surface area contributed by atoms with E-state index in [1.165, 1.54) is 16.4 Å². The number of piperidine rings is 1. The number of halogens is 1. The molecule has 1 atom stereocenters. The van der Waals surface area contributed by atoms with Crippen LogP contribution in [0, 0.1) is 5.92 Å². The molecule has 4 rings (SSSR count). The summed E-state index contributed by atoms with van der Waals surface area (Å²) in [4.78, 5) is 24.5. The van der Waals surface area contributed by atoms with Gasteiger partial charge in [0.1, 0.15) is 5.75 Å². The molecule has 0 spiro atoms. The highest BCUT2D eigenvalue weighted by molar-refractivity contribution is 7.89. The van der Waals surface area contributed by atoms with Gasteiger partial charge in [-0.05, 0) is 49.6 Å². The molecule has 2 aliphatic rings. The molecular formula is C22H24ClN3O5S. The Bertz CT molecular complexity index is 1150. The number of amides is 2. The quantitative estimate of drug-likeness (QED) is 0.689. The monoisotopic (exact) mass is 477 g/mol. The van der Waals surface area contributed by atoms with Crippen molar-refractivity contribution in [1.29, 1.82) is 0 Å². The first-order chi connectivity index (χ1) is 15.3. The lowest BCUT2D eigenvalue weighted by Gasteiger charge is -2.31. The fourth-order valence-electron chi connectivity index (χ4n) is 3.82. The first kappa shape index (κ1) is 22.6. The van der Waals surface area contributed by atoms with Crippen LogP contribution < -0.4 is 15.4 Å². The van der Waals surface area contributed by atoms with Crippen molar-refractivity contribution in [3.63, 3.8) is 0 Å². The SMILES string of the molecule is C[C@H]1Oc2ccc(S(=O)(=O)N3CCC(C(=O)NCc4ccccc4Cl)CC3)cc2NC1=O. The summed E-state index contributed by atoms with van der Waals surface area (Å²) in [7, 11) is -3.76. The summed E-state index contributed by atoms with van der Waals surface area (Å²) in [5.41, 5.74) is 1.17. The van der Waals surface area contributed by atoms with Crippen LogP contribution in [0.2, 0.25) is 5.02 Å². The number of anilines is 1. The zero-order valence-corrected chi connectivity index (χ0v) is 19.1. The van der Waals surface area contributed by atoms with Gasteiger partial charge in [-0.1, -0.05) is 29.8 Å². The molecule has 2 aliphatic heterocycles. The number of hydrogen-bond acceptors (Lipinski definition) is 5. The van der Waals surface area contributed by atoms with Crippen molar-refractivity contribution < 1.29 is 22.7 Å². The third-order valence-corrected chi connectivity index (χ3v) is 8.02. The Morgan fingerprint density at radius 1 is 1.22 bits per heavy atom. The number of nitrogens with one attached hydrogen (secondary N) is 2. The molecule has 170 valence electrons. The van der Waals surface area contributed by atoms with E-state index in [2.05, 4.69) is 10.6 Å². The number of benzene rings is 2. The number of ether oxygens (including phenoxy) is 1. The highest BCUT2D eigenvalue weighted by Gasteiger charge is 2.33. The van der Waals surface area contributed by atoms with Gasteiger partial charge >= 0.3 is 0 Å². The average molecular weight is 478 g/mol. The van der Waals surface area contributed by atoms with Gasteiger partial charge in [-0.25, -0.2) is 8.42 Å². The molecule has 32 heavy (non-hydrogen) atoms. The second-order valence-corrected chi connectivity index (χ2v) is 10.2. The summed E-state index contributed by atoms with van der Waals surface area (Å²) in [6, 6.07) is 11.7. The van der Waals surface area contributed by atoms with Crippen molar-refractivity contribution in [3.8, 4) is 5.75 Å². The van der Waals surface area contributed by atoms with E-state index in [1.807, 2.05) is 18.2 Å². The van der Waals surface area contributed by atoms with Crippen LogP contribution in [0.3, 0.4) is 0 Å². The number of fused-ring (bicyclic) bond motifs is 1. The highest BCUT2D eigenvalue weighted by Crippen LogP contribution is 2.33. The highest BCUT2D eigenvalue weighted by atomic mass is 35.5. The topological polar surface area (TPSA) is 105 Å². The van der Waals surface area contributed by atoms with Crippen LogP contribution in [0.15, 0.2) is 47.4 Å². The predicted molar refractivity (Wildman–Crippen MR) is 120 cm³/mol. The minimum Gasteiger partial charge on any atom is -0.479 e. The van der Waals surface area contributed by atoms with Crippen LogP contribution in [-0.4, -0.2) is 43.7 Å². The molecule has 2 amide bonds. The summed E-state index contributed by atoms with van der Waals surface area (Å²) in [6.45, 7) is 2.43. The molecular weight excluding hydrogens is 454 g/mol. The normalized spacial score (nSPS) is 19.6. The molecule has 0 aliphatic carbocycles. The second kappa shape index (κ2) is 9.09. The number of hydrogen-bond donors (Lipinski definition) is 2. The molecule has 0 aromatic heterocycles. The molecule has 0 bridgehead atoms. The maximum absolute atomic E-state index is 13.1. The van der Waals surface area contributed by atoms with Crippen LogP contribution in [0.4, 0.5) is 5.69 Å². The van der Waals surface area contributed by atoms with Gasteiger partial charge in [0.05, 0.1) is 10.6 Å². The van der Waals surface area contributed by atoms with Gasteiger partial charge in [0.2, 0.25) is 15.9 Å². The minimum atomic E-state index is -3.76. The summed E-state index contributed by atoms with van der Waals surface area (Å²) in [6.07, 6.45) is 0.222. The average Bonchev–Trinajstić information content (AvgIpc) is 2.79. The van der Waals surface area contributed by atoms with Crippen molar-refractivity contribution in [3.05, 3.63) is 53.1 Å². The summed E-state index contributed by atoms with van der Waals surface area (Å²) in [5, 5.41) is 6.15. The summed E-state index contributed by atoms with van der Waals surface area (Å²) >= 11 is 6.12. The third kappa shape index (κ3) is 4.60. The van der Waals surface area contributed by atoms with Crippen molar-refractivity contribution in [2.45, 2.75) is 37.3 Å². The maximum Gasteiger partial charge on any atom is 0.265 e. The van der Waals surface area contributed by atoms with Gasteiger partial charge in [-0.15, -0.1) is 0 Å². The van der Waals surface area contributed by atoms with Gasteiger partial charge in [0.15, 0.2) is 6.10 Å². The van der Waals surface area contributed by atoms with Crippen LogP contribution >= 0.6 is 11.6 Å². The van der Waals surface area contributed by atoms with Gasteiger partial charge in [-0.2, -0.15) is 4.31 Å². The molecule has 2 aromatic rings. The van der Waals surface area contributed by atoms with E-state index in [1.54, 1.807) is 19.1 Å². The molecule has 2 N–H and O–H groups in total. The van der Waals surface area contributed by atoms with E-state index < -0.39 is 16.1 Å². The molecule has 2 aromatic carbocycles. The van der Waals surface area contributed by atoms with Crippen molar-refractivity contribution >= 4 is 39.1 Å². The van der Waals surface area contributed by atoms with E-state index >= 15 is 0 Å². The van der Waals surface area contributed by atoms with E-state index in [9.17, 15) is 18.0 Å². The number of sulfonamides is 1. The molecule has 10 heteroatoms. The predicted octanol–water partition coefficient (Wildman–Crippen LogP) is 2.78. The van der Waals surface area contributed by atoms with Crippen molar-refractivity contribution in [1.82, 2.24) is 9.62 Å². The second-order valence-electron chi connectivity index (χ2n) is 7.89.